The minimum atomic E-state index is -4.28. The number of halogens is 3. The second-order valence-electron chi connectivity index (χ2n) is 5.56. The third kappa shape index (κ3) is 9.56. The first-order valence-corrected chi connectivity index (χ1v) is 7.92. The van der Waals surface area contributed by atoms with Crippen LogP contribution >= 0.6 is 0 Å². The average Bonchev–Trinajstić information content (AvgIpc) is 2.50. The van der Waals surface area contributed by atoms with Gasteiger partial charge in [-0.15, -0.1) is 0 Å². The number of nitrogens with one attached hydrogen (secondary N) is 2. The summed E-state index contributed by atoms with van der Waals surface area (Å²) in [6.07, 6.45) is -3.75. The quantitative estimate of drug-likeness (QED) is 0.620. The van der Waals surface area contributed by atoms with Gasteiger partial charge < -0.3 is 20.3 Å². The standard InChI is InChI=1S/C14H25F3N4O3/c1-12(22)18-3-4-19-13(23)21-8-6-20(7-9-21)5-2-10-24-11-14(15,16)17/h2-11H2,1H3,(H,18,22)(H,19,23). The molecule has 1 aliphatic rings. The van der Waals surface area contributed by atoms with Crippen molar-refractivity contribution >= 4 is 11.9 Å². The number of alkyl halides is 3. The second-order valence-corrected chi connectivity index (χ2v) is 5.56. The van der Waals surface area contributed by atoms with E-state index in [1.807, 2.05) is 0 Å². The molecule has 0 aliphatic carbocycles. The maximum Gasteiger partial charge on any atom is 0.411 e. The van der Waals surface area contributed by atoms with Gasteiger partial charge in [-0.1, -0.05) is 0 Å². The fourth-order valence-electron chi connectivity index (χ4n) is 2.27. The first-order chi connectivity index (χ1) is 11.3. The van der Waals surface area contributed by atoms with E-state index in [-0.39, 0.29) is 18.5 Å². The molecule has 7 nitrogen and oxygen atoms in total. The summed E-state index contributed by atoms with van der Waals surface area (Å²) < 4.78 is 40.3. The summed E-state index contributed by atoms with van der Waals surface area (Å²) in [6.45, 7) is 4.17. The van der Waals surface area contributed by atoms with Crippen LogP contribution in [-0.4, -0.2) is 86.9 Å². The van der Waals surface area contributed by atoms with Crippen LogP contribution in [0, 0.1) is 0 Å². The Morgan fingerprint density at radius 2 is 1.71 bits per heavy atom. The van der Waals surface area contributed by atoms with E-state index < -0.39 is 12.8 Å². The van der Waals surface area contributed by atoms with Gasteiger partial charge >= 0.3 is 12.2 Å². The number of piperazine rings is 1. The first kappa shape index (κ1) is 20.5. The number of hydrogen-bond donors (Lipinski definition) is 2. The third-order valence-electron chi connectivity index (χ3n) is 3.46. The van der Waals surface area contributed by atoms with Gasteiger partial charge in [0.15, 0.2) is 0 Å². The zero-order chi connectivity index (χ0) is 18.0. The van der Waals surface area contributed by atoms with Gasteiger partial charge in [0.2, 0.25) is 5.91 Å². The molecule has 0 spiro atoms. The van der Waals surface area contributed by atoms with Crippen molar-refractivity contribution in [3.63, 3.8) is 0 Å². The Balaban J connectivity index is 2.06. The molecule has 0 radical (unpaired) electrons. The molecule has 0 aromatic heterocycles. The Bertz CT molecular complexity index is 399. The highest BCUT2D eigenvalue weighted by Crippen LogP contribution is 2.14. The zero-order valence-corrected chi connectivity index (χ0v) is 13.8. The van der Waals surface area contributed by atoms with E-state index in [9.17, 15) is 22.8 Å². The van der Waals surface area contributed by atoms with E-state index in [0.717, 1.165) is 0 Å². The van der Waals surface area contributed by atoms with Crippen molar-refractivity contribution in [3.8, 4) is 0 Å². The van der Waals surface area contributed by atoms with Crippen LogP contribution < -0.4 is 10.6 Å². The molecule has 1 fully saturated rings. The molecule has 140 valence electrons. The van der Waals surface area contributed by atoms with Crippen molar-refractivity contribution in [1.82, 2.24) is 20.4 Å². The predicted molar refractivity (Wildman–Crippen MR) is 81.6 cm³/mol. The van der Waals surface area contributed by atoms with E-state index in [1.165, 1.54) is 6.92 Å². The Morgan fingerprint density at radius 1 is 1.08 bits per heavy atom. The van der Waals surface area contributed by atoms with Crippen molar-refractivity contribution in [2.24, 2.45) is 0 Å². The van der Waals surface area contributed by atoms with E-state index in [2.05, 4.69) is 20.3 Å². The molecule has 0 atom stereocenters. The van der Waals surface area contributed by atoms with Gasteiger partial charge in [-0.25, -0.2) is 4.79 Å². The third-order valence-corrected chi connectivity index (χ3v) is 3.46. The van der Waals surface area contributed by atoms with Crippen LogP contribution in [-0.2, 0) is 9.53 Å². The first-order valence-electron chi connectivity index (χ1n) is 7.92. The van der Waals surface area contributed by atoms with Gasteiger partial charge in [-0.3, -0.25) is 9.69 Å². The van der Waals surface area contributed by atoms with Crippen LogP contribution in [0.4, 0.5) is 18.0 Å². The Labute approximate surface area is 139 Å². The minimum Gasteiger partial charge on any atom is -0.372 e. The Kier molecular flexibility index (Phi) is 8.83. The topological polar surface area (TPSA) is 73.9 Å². The summed E-state index contributed by atoms with van der Waals surface area (Å²) in [4.78, 5) is 26.4. The maximum atomic E-state index is 11.9. The molecule has 2 N–H and O–H groups in total. The fourth-order valence-corrected chi connectivity index (χ4v) is 2.27. The second kappa shape index (κ2) is 10.3. The number of rotatable bonds is 8. The van der Waals surface area contributed by atoms with E-state index in [0.29, 0.717) is 52.2 Å². The summed E-state index contributed by atoms with van der Waals surface area (Å²) in [7, 11) is 0. The fraction of sp³-hybridized carbons (Fsp3) is 0.857. The highest BCUT2D eigenvalue weighted by molar-refractivity contribution is 5.75. The summed E-state index contributed by atoms with van der Waals surface area (Å²) >= 11 is 0. The highest BCUT2D eigenvalue weighted by Gasteiger charge is 2.27. The van der Waals surface area contributed by atoms with Crippen LogP contribution in [0.15, 0.2) is 0 Å². The van der Waals surface area contributed by atoms with E-state index >= 15 is 0 Å². The monoisotopic (exact) mass is 354 g/mol. The number of ether oxygens (including phenoxy) is 1. The molecule has 1 saturated heterocycles. The summed E-state index contributed by atoms with van der Waals surface area (Å²) in [5, 5.41) is 5.31. The molecule has 3 amide bonds. The predicted octanol–water partition coefficient (Wildman–Crippen LogP) is 0.419. The molecular formula is C14H25F3N4O3. The molecule has 0 saturated carbocycles. The number of carbonyl (C=O) groups excluding carboxylic acids is 2. The van der Waals surface area contributed by atoms with Crippen molar-refractivity contribution in [1.29, 1.82) is 0 Å². The SMILES string of the molecule is CC(=O)NCCNC(=O)N1CCN(CCCOCC(F)(F)F)CC1. The average molecular weight is 354 g/mol. The van der Waals surface area contributed by atoms with Crippen LogP contribution in [0.1, 0.15) is 13.3 Å². The molecule has 1 heterocycles. The lowest BCUT2D eigenvalue weighted by Crippen LogP contribution is -2.52. The molecular weight excluding hydrogens is 329 g/mol. The zero-order valence-electron chi connectivity index (χ0n) is 13.8. The number of urea groups is 1. The molecule has 1 aliphatic heterocycles. The smallest absolute Gasteiger partial charge is 0.372 e. The molecule has 1 rings (SSSR count). The van der Waals surface area contributed by atoms with Gasteiger partial charge in [0.25, 0.3) is 0 Å². The number of amides is 3. The molecule has 24 heavy (non-hydrogen) atoms. The van der Waals surface area contributed by atoms with E-state index in [4.69, 9.17) is 0 Å². The minimum absolute atomic E-state index is 0.0728. The number of carbonyl (C=O) groups is 2. The molecule has 0 aromatic carbocycles. The van der Waals surface area contributed by atoms with E-state index in [1.54, 1.807) is 4.90 Å². The Hall–Kier alpha value is -1.55. The van der Waals surface area contributed by atoms with Crippen LogP contribution in [0.25, 0.3) is 0 Å². The van der Waals surface area contributed by atoms with Crippen LogP contribution in [0.5, 0.6) is 0 Å². The summed E-state index contributed by atoms with van der Waals surface area (Å²) in [6, 6.07) is -0.173. The Morgan fingerprint density at radius 3 is 2.29 bits per heavy atom. The maximum absolute atomic E-state index is 11.9. The lowest BCUT2D eigenvalue weighted by atomic mass is 10.3. The van der Waals surface area contributed by atoms with Crippen molar-refractivity contribution in [2.75, 3.05) is 59.0 Å². The normalized spacial score (nSPS) is 16.1. The molecule has 0 bridgehead atoms. The summed E-state index contributed by atoms with van der Waals surface area (Å²) in [5.41, 5.74) is 0. The lowest BCUT2D eigenvalue weighted by molar-refractivity contribution is -0.174. The highest BCUT2D eigenvalue weighted by atomic mass is 19.4. The number of hydrogen-bond acceptors (Lipinski definition) is 4. The van der Waals surface area contributed by atoms with Gasteiger partial charge in [-0.2, -0.15) is 13.2 Å². The van der Waals surface area contributed by atoms with Gasteiger partial charge in [0.05, 0.1) is 0 Å². The van der Waals surface area contributed by atoms with Crippen LogP contribution in [0.3, 0.4) is 0 Å². The van der Waals surface area contributed by atoms with Crippen LogP contribution in [0.2, 0.25) is 0 Å². The molecule has 0 unspecified atom stereocenters. The van der Waals surface area contributed by atoms with Gasteiger partial charge in [-0.05, 0) is 6.42 Å². The van der Waals surface area contributed by atoms with Gasteiger partial charge in [0, 0.05) is 59.3 Å². The number of nitrogens with zero attached hydrogens (tertiary/aromatic N) is 2. The molecule has 0 aromatic rings. The van der Waals surface area contributed by atoms with Gasteiger partial charge in [0.1, 0.15) is 6.61 Å². The largest absolute Gasteiger partial charge is 0.411 e. The van der Waals surface area contributed by atoms with Crippen molar-refractivity contribution < 1.29 is 27.5 Å². The van der Waals surface area contributed by atoms with Crippen molar-refractivity contribution in [3.05, 3.63) is 0 Å². The molecule has 10 heteroatoms. The van der Waals surface area contributed by atoms with Crippen molar-refractivity contribution in [2.45, 2.75) is 19.5 Å². The lowest BCUT2D eigenvalue weighted by Gasteiger charge is -2.34. The summed E-state index contributed by atoms with van der Waals surface area (Å²) in [5.74, 6) is -0.142.